The van der Waals surface area contributed by atoms with Gasteiger partial charge in [-0.25, -0.2) is 0 Å². The fraction of sp³-hybridized carbons (Fsp3) is 0.647. The van der Waals surface area contributed by atoms with Gasteiger partial charge in [0.15, 0.2) is 17.9 Å². The number of phenols is 2. The Morgan fingerprint density at radius 1 is 0.910 bits per heavy atom. The lowest BCUT2D eigenvalue weighted by atomic mass is 9.72. The number of rotatable bonds is 25. The van der Waals surface area contributed by atoms with Gasteiger partial charge in [-0.15, -0.1) is 0 Å². The maximum Gasteiger partial charge on any atom is 0.220 e. The molecule has 1 heterocycles. The molecule has 2 aliphatic carbocycles. The summed E-state index contributed by atoms with van der Waals surface area (Å²) in [5.41, 5.74) is 2.37. The molecule has 0 bridgehead atoms. The normalized spacial score (nSPS) is 23.1. The fourth-order valence-electron chi connectivity index (χ4n) is 9.10. The molecule has 0 unspecified atom stereocenters. The van der Waals surface area contributed by atoms with Gasteiger partial charge in [-0.2, -0.15) is 0 Å². The largest absolute Gasteiger partial charge is 0.507 e. The summed E-state index contributed by atoms with van der Waals surface area (Å²) in [6, 6.07) is 3.03. The number of ketones is 3. The number of fused-ring (bicyclic) bond motifs is 3. The first kappa shape index (κ1) is 55.3. The molecule has 1 amide bonds. The monoisotopic (exact) mass is 941 g/mol. The van der Waals surface area contributed by atoms with E-state index in [1.54, 1.807) is 13.0 Å². The van der Waals surface area contributed by atoms with Crippen LogP contribution in [0.2, 0.25) is 0 Å². The quantitative estimate of drug-likeness (QED) is 0.0282. The fourth-order valence-corrected chi connectivity index (χ4v) is 9.10. The molecular formula is C51H76N2O14. The maximum atomic E-state index is 13.6. The highest BCUT2D eigenvalue weighted by atomic mass is 16.7. The molecule has 67 heavy (non-hydrogen) atoms. The third kappa shape index (κ3) is 14.4. The molecule has 1 aliphatic heterocycles. The van der Waals surface area contributed by atoms with E-state index in [-0.39, 0.29) is 46.9 Å². The number of allylic oxidation sites excluding steroid dienone is 1. The Hall–Kier alpha value is -4.26. The number of carbonyl (C=O) groups excluding carboxylic acids is 4. The Labute approximate surface area is 394 Å². The van der Waals surface area contributed by atoms with E-state index in [1.807, 2.05) is 6.08 Å². The number of ether oxygens (including phenoxy) is 3. The predicted octanol–water partition coefficient (Wildman–Crippen LogP) is 5.66. The molecule has 16 nitrogen and oxygen atoms in total. The molecule has 5 rings (SSSR count). The maximum absolute atomic E-state index is 13.6. The number of benzene rings is 2. The van der Waals surface area contributed by atoms with Gasteiger partial charge in [0.2, 0.25) is 11.7 Å². The van der Waals surface area contributed by atoms with Gasteiger partial charge in [-0.05, 0) is 32.3 Å². The van der Waals surface area contributed by atoms with Crippen molar-refractivity contribution >= 4 is 23.3 Å². The van der Waals surface area contributed by atoms with Crippen LogP contribution >= 0.6 is 0 Å². The number of hydrogen-bond acceptors (Lipinski definition) is 15. The second kappa shape index (κ2) is 27.1. The van der Waals surface area contributed by atoms with Crippen LogP contribution in [0.3, 0.4) is 0 Å². The summed E-state index contributed by atoms with van der Waals surface area (Å²) in [4.78, 5) is 51.6. The first-order chi connectivity index (χ1) is 32.1. The lowest BCUT2D eigenvalue weighted by Gasteiger charge is -2.42. The van der Waals surface area contributed by atoms with Gasteiger partial charge >= 0.3 is 0 Å². The first-order valence-electron chi connectivity index (χ1n) is 24.3. The number of nitrogens with one attached hydrogen (secondary N) is 1. The minimum atomic E-state index is -2.24. The SMILES string of the molecule is CCCCCCCCCCCCC/C=C/[C@@H](O)[C@H](CO)NC(=O)CCCCC.COc1cccc2c1C(=O)c1c(O)c3c(c(O)c1C2=O)C[C@@](O)(C(=O)CO)C[C@@H]3O[C@H]1C[C@H](N)[C@H](O)[C@H](C)O1. The average Bonchev–Trinajstić information content (AvgIpc) is 3.31. The highest BCUT2D eigenvalue weighted by Gasteiger charge is 2.50. The topological polar surface area (TPSA) is 276 Å². The van der Waals surface area contributed by atoms with Crippen LogP contribution in [0, 0.1) is 0 Å². The minimum absolute atomic E-state index is 0.0173. The molecule has 3 aliphatic rings. The summed E-state index contributed by atoms with van der Waals surface area (Å²) in [6.45, 7) is 4.67. The number of aliphatic hydroxyl groups is 5. The van der Waals surface area contributed by atoms with E-state index in [1.165, 1.54) is 89.5 Å². The van der Waals surface area contributed by atoms with Gasteiger partial charge in [-0.1, -0.05) is 115 Å². The number of aliphatic hydroxyl groups excluding tert-OH is 4. The van der Waals surface area contributed by atoms with Gasteiger partial charge < -0.3 is 61.0 Å². The summed E-state index contributed by atoms with van der Waals surface area (Å²) in [5, 5.41) is 76.0. The van der Waals surface area contributed by atoms with Crippen LogP contribution in [0.4, 0.5) is 0 Å². The zero-order valence-electron chi connectivity index (χ0n) is 39.8. The number of hydrogen-bond donors (Lipinski definition) is 9. The molecule has 0 saturated carbocycles. The van der Waals surface area contributed by atoms with E-state index < -0.39 is 108 Å². The smallest absolute Gasteiger partial charge is 0.220 e. The van der Waals surface area contributed by atoms with Gasteiger partial charge in [0.05, 0.1) is 60.9 Å². The highest BCUT2D eigenvalue weighted by Crippen LogP contribution is 2.52. The van der Waals surface area contributed by atoms with Crippen molar-refractivity contribution in [1.29, 1.82) is 0 Å². The first-order valence-corrected chi connectivity index (χ1v) is 24.3. The second-order valence-corrected chi connectivity index (χ2v) is 18.2. The van der Waals surface area contributed by atoms with E-state index in [0.717, 1.165) is 32.1 Å². The minimum Gasteiger partial charge on any atom is -0.507 e. The van der Waals surface area contributed by atoms with E-state index in [0.29, 0.717) is 6.42 Å². The summed E-state index contributed by atoms with van der Waals surface area (Å²) in [5.74, 6) is -3.87. The molecule has 8 atom stereocenters. The van der Waals surface area contributed by atoms with Gasteiger partial charge in [-0.3, -0.25) is 19.2 Å². The number of methoxy groups -OCH3 is 1. The third-order valence-corrected chi connectivity index (χ3v) is 13.1. The number of unbranched alkanes of at least 4 members (excludes halogenated alkanes) is 13. The van der Waals surface area contributed by atoms with Gasteiger partial charge in [0, 0.05) is 48.4 Å². The van der Waals surface area contributed by atoms with Crippen LogP contribution < -0.4 is 15.8 Å². The molecule has 1 saturated heterocycles. The van der Waals surface area contributed by atoms with Crippen molar-refractivity contribution in [3.05, 3.63) is 63.7 Å². The lowest BCUT2D eigenvalue weighted by Crippen LogP contribution is -2.53. The second-order valence-electron chi connectivity index (χ2n) is 18.2. The van der Waals surface area contributed by atoms with E-state index in [2.05, 4.69) is 19.2 Å². The van der Waals surface area contributed by atoms with Crippen molar-refractivity contribution in [1.82, 2.24) is 5.32 Å². The van der Waals surface area contributed by atoms with Crippen molar-refractivity contribution in [3.63, 3.8) is 0 Å². The molecule has 0 aromatic heterocycles. The number of Topliss-reactive ketones (excluding diaryl/α,β-unsaturated/α-hetero) is 1. The van der Waals surface area contributed by atoms with Crippen LogP contribution in [0.15, 0.2) is 30.4 Å². The number of nitrogens with two attached hydrogens (primary N) is 1. The van der Waals surface area contributed by atoms with Crippen LogP contribution in [0.5, 0.6) is 17.2 Å². The Balaban J connectivity index is 0.000000312. The van der Waals surface area contributed by atoms with Crippen LogP contribution in [0.1, 0.15) is 185 Å². The molecule has 374 valence electrons. The van der Waals surface area contributed by atoms with Gasteiger partial charge in [0.1, 0.15) is 29.5 Å². The Morgan fingerprint density at radius 3 is 2.12 bits per heavy atom. The van der Waals surface area contributed by atoms with Crippen molar-refractivity contribution < 1.29 is 69.1 Å². The Bertz CT molecular complexity index is 1980. The van der Waals surface area contributed by atoms with Crippen LogP contribution in [0.25, 0.3) is 0 Å². The summed E-state index contributed by atoms with van der Waals surface area (Å²) < 4.78 is 17.0. The van der Waals surface area contributed by atoms with Gasteiger partial charge in [0.25, 0.3) is 0 Å². The third-order valence-electron chi connectivity index (χ3n) is 13.1. The molecule has 0 radical (unpaired) electrons. The van der Waals surface area contributed by atoms with Crippen molar-refractivity contribution in [2.75, 3.05) is 20.3 Å². The average molecular weight is 941 g/mol. The molecular weight excluding hydrogens is 865 g/mol. The van der Waals surface area contributed by atoms with Crippen molar-refractivity contribution in [3.8, 4) is 17.2 Å². The number of phenolic OH excluding ortho intramolecular Hbond substituents is 2. The summed E-state index contributed by atoms with van der Waals surface area (Å²) in [7, 11) is 1.32. The van der Waals surface area contributed by atoms with E-state index >= 15 is 0 Å². The highest BCUT2D eigenvalue weighted by molar-refractivity contribution is 6.31. The molecule has 16 heteroatoms. The van der Waals surface area contributed by atoms with E-state index in [4.69, 9.17) is 19.9 Å². The number of carbonyl (C=O) groups is 4. The molecule has 1 fully saturated rings. The standard InChI is InChI=1S/C27H29NO11.C24H47NO3/c1-10-22(31)13(28)6-17(38-10)39-15-8-27(36,16(30)9-29)7-12-19(15)26(35)21-20(24(12)33)23(32)11-4-3-5-14(37-2)18(11)25(21)34;1-3-5-7-8-9-10-11-12-13-14-15-16-18-19-23(27)22(21-26)25-24(28)20-17-6-4-2/h3-5,10,13,15,17,22,29,31,33,35-36H,6-9,28H2,1-2H3;18-19,22-23,26-27H,3-17,20-21H2,1-2H3,(H,25,28)/b;19-18+/t10-,13-,15-,17-,22+,27-;22-,23+/m00/s1. The lowest BCUT2D eigenvalue weighted by molar-refractivity contribution is -0.247. The zero-order chi connectivity index (χ0) is 49.3. The number of aromatic hydroxyl groups is 2. The Morgan fingerprint density at radius 2 is 1.52 bits per heavy atom. The molecule has 10 N–H and O–H groups in total. The molecule has 2 aromatic carbocycles. The van der Waals surface area contributed by atoms with Crippen LogP contribution in [-0.2, 0) is 25.5 Å². The predicted molar refractivity (Wildman–Crippen MR) is 251 cm³/mol. The zero-order valence-corrected chi connectivity index (χ0v) is 39.8. The van der Waals surface area contributed by atoms with Crippen molar-refractivity contribution in [2.45, 2.75) is 191 Å². The molecule has 2 aromatic rings. The van der Waals surface area contributed by atoms with Crippen LogP contribution in [-0.4, -0.2) is 122 Å². The summed E-state index contributed by atoms with van der Waals surface area (Å²) in [6.07, 6.45) is 16.7. The molecule has 0 spiro atoms. The number of amides is 1. The summed E-state index contributed by atoms with van der Waals surface area (Å²) >= 11 is 0. The Kier molecular flexibility index (Phi) is 22.4. The van der Waals surface area contributed by atoms with E-state index in [9.17, 15) is 54.9 Å². The van der Waals surface area contributed by atoms with Crippen molar-refractivity contribution in [2.24, 2.45) is 5.73 Å².